The van der Waals surface area contributed by atoms with E-state index in [4.69, 9.17) is 11.6 Å². The SMILES string of the molecule is Cc1[nH]nc2c1C(C(=O)c1cccc(Cl)c1)CC(=O)N2. The van der Waals surface area contributed by atoms with Crippen LogP contribution in [0.2, 0.25) is 5.02 Å². The van der Waals surface area contributed by atoms with Crippen molar-refractivity contribution < 1.29 is 9.59 Å². The van der Waals surface area contributed by atoms with Crippen LogP contribution < -0.4 is 5.32 Å². The van der Waals surface area contributed by atoms with Gasteiger partial charge in [0.05, 0.1) is 5.92 Å². The van der Waals surface area contributed by atoms with Gasteiger partial charge in [0, 0.05) is 28.3 Å². The molecule has 1 unspecified atom stereocenters. The van der Waals surface area contributed by atoms with Crippen molar-refractivity contribution in [2.75, 3.05) is 5.32 Å². The zero-order valence-electron chi connectivity index (χ0n) is 10.7. The molecule has 0 saturated carbocycles. The van der Waals surface area contributed by atoms with Crippen LogP contribution in [0.5, 0.6) is 0 Å². The number of aryl methyl sites for hydroxylation is 1. The minimum atomic E-state index is -0.518. The number of carbonyl (C=O) groups is 2. The zero-order chi connectivity index (χ0) is 14.3. The first-order chi connectivity index (χ1) is 9.56. The van der Waals surface area contributed by atoms with Crippen molar-refractivity contribution in [1.29, 1.82) is 0 Å². The highest BCUT2D eigenvalue weighted by Crippen LogP contribution is 2.35. The second-order valence-electron chi connectivity index (χ2n) is 4.79. The van der Waals surface area contributed by atoms with Gasteiger partial charge in [-0.15, -0.1) is 0 Å². The van der Waals surface area contributed by atoms with E-state index < -0.39 is 5.92 Å². The number of aromatic amines is 1. The Bertz CT molecular complexity index is 708. The van der Waals surface area contributed by atoms with E-state index in [1.165, 1.54) is 0 Å². The highest BCUT2D eigenvalue weighted by atomic mass is 35.5. The van der Waals surface area contributed by atoms with Crippen LogP contribution in [0.3, 0.4) is 0 Å². The Hall–Kier alpha value is -2.14. The Kier molecular flexibility index (Phi) is 3.06. The first-order valence-electron chi connectivity index (χ1n) is 6.20. The summed E-state index contributed by atoms with van der Waals surface area (Å²) in [5.74, 6) is -0.396. The Labute approximate surface area is 120 Å². The predicted octanol–water partition coefficient (Wildman–Crippen LogP) is 2.68. The molecule has 0 aliphatic carbocycles. The first kappa shape index (κ1) is 12.9. The number of Topliss-reactive ketones (excluding diaryl/α,β-unsaturated/α-hetero) is 1. The van der Waals surface area contributed by atoms with Gasteiger partial charge in [-0.3, -0.25) is 14.7 Å². The molecular formula is C14H12ClN3O2. The predicted molar refractivity (Wildman–Crippen MR) is 75.1 cm³/mol. The topological polar surface area (TPSA) is 74.8 Å². The van der Waals surface area contributed by atoms with E-state index in [1.54, 1.807) is 24.3 Å². The Morgan fingerprint density at radius 1 is 1.45 bits per heavy atom. The molecule has 5 nitrogen and oxygen atoms in total. The number of fused-ring (bicyclic) bond motifs is 1. The van der Waals surface area contributed by atoms with E-state index >= 15 is 0 Å². The lowest BCUT2D eigenvalue weighted by Gasteiger charge is -2.21. The molecule has 1 aromatic carbocycles. The van der Waals surface area contributed by atoms with Gasteiger partial charge in [0.2, 0.25) is 5.91 Å². The zero-order valence-corrected chi connectivity index (χ0v) is 11.5. The molecule has 2 heterocycles. The van der Waals surface area contributed by atoms with Crippen LogP contribution in [0.25, 0.3) is 0 Å². The molecule has 0 saturated heterocycles. The van der Waals surface area contributed by atoms with E-state index in [2.05, 4.69) is 15.5 Å². The van der Waals surface area contributed by atoms with Gasteiger partial charge in [-0.25, -0.2) is 0 Å². The number of rotatable bonds is 2. The number of benzene rings is 1. The van der Waals surface area contributed by atoms with E-state index in [1.807, 2.05) is 6.92 Å². The summed E-state index contributed by atoms with van der Waals surface area (Å²) >= 11 is 5.92. The largest absolute Gasteiger partial charge is 0.309 e. The number of halogens is 1. The van der Waals surface area contributed by atoms with Gasteiger partial charge in [-0.1, -0.05) is 23.7 Å². The lowest BCUT2D eigenvalue weighted by Crippen LogP contribution is -2.27. The van der Waals surface area contributed by atoms with Gasteiger partial charge in [0.15, 0.2) is 11.6 Å². The van der Waals surface area contributed by atoms with Crippen LogP contribution in [0.1, 0.15) is 34.0 Å². The van der Waals surface area contributed by atoms with Crippen molar-refractivity contribution in [2.24, 2.45) is 0 Å². The fourth-order valence-electron chi connectivity index (χ4n) is 2.50. The number of nitrogens with one attached hydrogen (secondary N) is 2. The molecule has 0 spiro atoms. The normalized spacial score (nSPS) is 17.5. The summed E-state index contributed by atoms with van der Waals surface area (Å²) < 4.78 is 0. The third-order valence-corrected chi connectivity index (χ3v) is 3.65. The molecule has 1 aromatic heterocycles. The summed E-state index contributed by atoms with van der Waals surface area (Å²) in [5.41, 5.74) is 2.05. The molecule has 3 rings (SSSR count). The fraction of sp³-hybridized carbons (Fsp3) is 0.214. The Morgan fingerprint density at radius 3 is 3.00 bits per heavy atom. The van der Waals surface area contributed by atoms with Crippen molar-refractivity contribution in [3.05, 3.63) is 46.1 Å². The minimum absolute atomic E-state index is 0.117. The van der Waals surface area contributed by atoms with Crippen molar-refractivity contribution in [1.82, 2.24) is 10.2 Å². The van der Waals surface area contributed by atoms with E-state index in [0.717, 1.165) is 11.3 Å². The number of hydrogen-bond donors (Lipinski definition) is 2. The first-order valence-corrected chi connectivity index (χ1v) is 6.58. The molecule has 20 heavy (non-hydrogen) atoms. The number of nitrogens with zero attached hydrogens (tertiary/aromatic N) is 1. The molecule has 0 bridgehead atoms. The fourth-order valence-corrected chi connectivity index (χ4v) is 2.69. The monoisotopic (exact) mass is 289 g/mol. The number of amides is 1. The van der Waals surface area contributed by atoms with Crippen molar-refractivity contribution in [3.63, 3.8) is 0 Å². The summed E-state index contributed by atoms with van der Waals surface area (Å²) in [6.07, 6.45) is 0.124. The summed E-state index contributed by atoms with van der Waals surface area (Å²) in [6, 6.07) is 6.75. The van der Waals surface area contributed by atoms with Gasteiger partial charge in [-0.2, -0.15) is 5.10 Å². The average Bonchev–Trinajstić information content (AvgIpc) is 2.78. The smallest absolute Gasteiger partial charge is 0.226 e. The Morgan fingerprint density at radius 2 is 2.25 bits per heavy atom. The number of carbonyl (C=O) groups excluding carboxylic acids is 2. The van der Waals surface area contributed by atoms with Crippen LogP contribution in [-0.2, 0) is 4.79 Å². The second kappa shape index (κ2) is 4.76. The second-order valence-corrected chi connectivity index (χ2v) is 5.23. The lowest BCUT2D eigenvalue weighted by atomic mass is 9.85. The molecule has 1 atom stereocenters. The number of aromatic nitrogens is 2. The van der Waals surface area contributed by atoms with Gasteiger partial charge < -0.3 is 5.32 Å². The number of H-pyrrole nitrogens is 1. The number of ketones is 1. The van der Waals surface area contributed by atoms with Crippen LogP contribution in [0.15, 0.2) is 24.3 Å². The Balaban J connectivity index is 2.04. The summed E-state index contributed by atoms with van der Waals surface area (Å²) in [7, 11) is 0. The van der Waals surface area contributed by atoms with Crippen LogP contribution in [0, 0.1) is 6.92 Å². The number of hydrogen-bond acceptors (Lipinski definition) is 3. The molecule has 1 amide bonds. The quantitative estimate of drug-likeness (QED) is 0.835. The molecule has 0 fully saturated rings. The third-order valence-electron chi connectivity index (χ3n) is 3.42. The van der Waals surface area contributed by atoms with Crippen LogP contribution in [-0.4, -0.2) is 21.9 Å². The third kappa shape index (κ3) is 2.10. The molecule has 1 aliphatic heterocycles. The van der Waals surface area contributed by atoms with Gasteiger partial charge >= 0.3 is 0 Å². The van der Waals surface area contributed by atoms with E-state index in [9.17, 15) is 9.59 Å². The minimum Gasteiger partial charge on any atom is -0.309 e. The molecule has 1 aliphatic rings. The molecule has 6 heteroatoms. The van der Waals surface area contributed by atoms with Gasteiger partial charge in [0.25, 0.3) is 0 Å². The van der Waals surface area contributed by atoms with Crippen molar-refractivity contribution >= 4 is 29.1 Å². The van der Waals surface area contributed by atoms with Crippen molar-refractivity contribution in [2.45, 2.75) is 19.3 Å². The lowest BCUT2D eigenvalue weighted by molar-refractivity contribution is -0.116. The van der Waals surface area contributed by atoms with Gasteiger partial charge in [0.1, 0.15) is 0 Å². The highest BCUT2D eigenvalue weighted by molar-refractivity contribution is 6.31. The summed E-state index contributed by atoms with van der Waals surface area (Å²) in [5, 5.41) is 9.99. The summed E-state index contributed by atoms with van der Waals surface area (Å²) in [6.45, 7) is 1.83. The van der Waals surface area contributed by atoms with Gasteiger partial charge in [-0.05, 0) is 19.1 Å². The molecule has 102 valence electrons. The molecular weight excluding hydrogens is 278 g/mol. The van der Waals surface area contributed by atoms with Crippen LogP contribution >= 0.6 is 11.6 Å². The standard InChI is InChI=1S/C14H12ClN3O2/c1-7-12-10(6-11(19)16-14(12)18-17-7)13(20)8-3-2-4-9(15)5-8/h2-5,10H,6H2,1H3,(H2,16,17,18,19). The maximum Gasteiger partial charge on any atom is 0.226 e. The maximum atomic E-state index is 12.6. The van der Waals surface area contributed by atoms with Crippen molar-refractivity contribution in [3.8, 4) is 0 Å². The van der Waals surface area contributed by atoms with E-state index in [-0.39, 0.29) is 18.1 Å². The summed E-state index contributed by atoms with van der Waals surface area (Å²) in [4.78, 5) is 24.3. The van der Waals surface area contributed by atoms with E-state index in [0.29, 0.717) is 16.4 Å². The van der Waals surface area contributed by atoms with Crippen LogP contribution in [0.4, 0.5) is 5.82 Å². The highest BCUT2D eigenvalue weighted by Gasteiger charge is 2.34. The number of anilines is 1. The molecule has 2 N–H and O–H groups in total. The average molecular weight is 290 g/mol. The molecule has 0 radical (unpaired) electrons. The molecule has 2 aromatic rings. The maximum absolute atomic E-state index is 12.6.